The second kappa shape index (κ2) is 8.41. The molecule has 4 rings (SSSR count). The number of alkyl halides is 3. The molecule has 2 atom stereocenters. The predicted molar refractivity (Wildman–Crippen MR) is 105 cm³/mol. The number of hydrogen-bond acceptors (Lipinski definition) is 4. The van der Waals surface area contributed by atoms with Gasteiger partial charge in [0.15, 0.2) is 5.11 Å². The second-order valence-electron chi connectivity index (χ2n) is 8.56. The molecule has 3 fully saturated rings. The maximum atomic E-state index is 13.6. The molecule has 0 aromatic carbocycles. The Morgan fingerprint density at radius 2 is 1.83 bits per heavy atom. The SMILES string of the molecule is NC(=S)N1CCC(OCc2c(C3CCCCC3C(F)(F)F)noc2C2CC2)CC1. The summed E-state index contributed by atoms with van der Waals surface area (Å²) in [6.45, 7) is 1.75. The zero-order valence-corrected chi connectivity index (χ0v) is 17.2. The van der Waals surface area contributed by atoms with E-state index in [2.05, 4.69) is 5.16 Å². The molecular formula is C20H28F3N3O2S. The van der Waals surface area contributed by atoms with Crippen molar-refractivity contribution < 1.29 is 22.4 Å². The van der Waals surface area contributed by atoms with Crippen LogP contribution < -0.4 is 5.73 Å². The molecule has 1 aromatic rings. The zero-order chi connectivity index (χ0) is 20.6. The summed E-state index contributed by atoms with van der Waals surface area (Å²) < 4.78 is 52.7. The standard InChI is InChI=1S/C20H28F3N3O2S/c21-20(22,23)16-4-2-1-3-14(16)17-15(18(28-25-17)12-5-6-12)11-27-13-7-9-26(10-8-13)19(24)29/h12-14,16H,1-11H2,(H2,24,29). The molecule has 0 amide bonds. The molecule has 3 aliphatic rings. The summed E-state index contributed by atoms with van der Waals surface area (Å²) in [6.07, 6.45) is 1.49. The molecule has 162 valence electrons. The van der Waals surface area contributed by atoms with Crippen LogP contribution in [0.15, 0.2) is 4.52 Å². The molecule has 2 unspecified atom stereocenters. The Kier molecular flexibility index (Phi) is 6.06. The maximum Gasteiger partial charge on any atom is 0.392 e. The number of likely N-dealkylation sites (tertiary alicyclic amines) is 1. The number of halogens is 3. The molecule has 2 aliphatic carbocycles. The van der Waals surface area contributed by atoms with E-state index in [1.165, 1.54) is 0 Å². The Morgan fingerprint density at radius 3 is 2.45 bits per heavy atom. The highest BCUT2D eigenvalue weighted by Crippen LogP contribution is 2.50. The third kappa shape index (κ3) is 4.71. The minimum Gasteiger partial charge on any atom is -0.376 e. The van der Waals surface area contributed by atoms with E-state index in [1.807, 2.05) is 4.90 Å². The first-order chi connectivity index (χ1) is 13.8. The van der Waals surface area contributed by atoms with Crippen molar-refractivity contribution in [2.24, 2.45) is 11.7 Å². The first kappa shape index (κ1) is 20.9. The van der Waals surface area contributed by atoms with Gasteiger partial charge in [0.05, 0.1) is 24.3 Å². The van der Waals surface area contributed by atoms with Crippen LogP contribution in [0.25, 0.3) is 0 Å². The molecule has 9 heteroatoms. The zero-order valence-electron chi connectivity index (χ0n) is 16.4. The summed E-state index contributed by atoms with van der Waals surface area (Å²) in [5.74, 6) is -0.956. The molecule has 0 spiro atoms. The van der Waals surface area contributed by atoms with Gasteiger partial charge in [-0.05, 0) is 50.7 Å². The monoisotopic (exact) mass is 431 g/mol. The summed E-state index contributed by atoms with van der Waals surface area (Å²) in [5.41, 5.74) is 6.93. The van der Waals surface area contributed by atoms with Crippen molar-refractivity contribution >= 4 is 17.3 Å². The lowest BCUT2D eigenvalue weighted by atomic mass is 9.76. The van der Waals surface area contributed by atoms with Gasteiger partial charge in [0.2, 0.25) is 0 Å². The molecule has 5 nitrogen and oxygen atoms in total. The number of hydrogen-bond donors (Lipinski definition) is 1. The van der Waals surface area contributed by atoms with Gasteiger partial charge >= 0.3 is 6.18 Å². The quantitative estimate of drug-likeness (QED) is 0.687. The van der Waals surface area contributed by atoms with E-state index in [4.69, 9.17) is 27.2 Å². The van der Waals surface area contributed by atoms with Crippen LogP contribution >= 0.6 is 12.2 Å². The van der Waals surface area contributed by atoms with E-state index in [9.17, 15) is 13.2 Å². The fourth-order valence-corrected chi connectivity index (χ4v) is 4.91. The highest BCUT2D eigenvalue weighted by Gasteiger charge is 2.48. The van der Waals surface area contributed by atoms with Crippen LogP contribution in [0.2, 0.25) is 0 Å². The fraction of sp³-hybridized carbons (Fsp3) is 0.800. The molecule has 29 heavy (non-hydrogen) atoms. The first-order valence-electron chi connectivity index (χ1n) is 10.6. The minimum atomic E-state index is -4.21. The van der Waals surface area contributed by atoms with Crippen LogP contribution in [0.1, 0.15) is 80.2 Å². The molecule has 1 aliphatic heterocycles. The second-order valence-corrected chi connectivity index (χ2v) is 8.98. The fourth-order valence-electron chi connectivity index (χ4n) is 4.73. The Bertz CT molecular complexity index is 727. The van der Waals surface area contributed by atoms with Gasteiger partial charge in [-0.3, -0.25) is 0 Å². The van der Waals surface area contributed by atoms with Gasteiger partial charge < -0.3 is 19.9 Å². The van der Waals surface area contributed by atoms with Crippen LogP contribution in [-0.4, -0.2) is 40.5 Å². The Hall–Kier alpha value is -1.35. The smallest absolute Gasteiger partial charge is 0.376 e. The van der Waals surface area contributed by atoms with Gasteiger partial charge in [0.1, 0.15) is 5.76 Å². The van der Waals surface area contributed by atoms with E-state index >= 15 is 0 Å². The summed E-state index contributed by atoms with van der Waals surface area (Å²) in [5, 5.41) is 4.57. The molecule has 2 N–H and O–H groups in total. The normalized spacial score (nSPS) is 26.7. The van der Waals surface area contributed by atoms with Gasteiger partial charge in [-0.15, -0.1) is 0 Å². The summed E-state index contributed by atoms with van der Waals surface area (Å²) in [6, 6.07) is 0. The van der Waals surface area contributed by atoms with Gasteiger partial charge in [-0.1, -0.05) is 18.0 Å². The number of aromatic nitrogens is 1. The van der Waals surface area contributed by atoms with Crippen molar-refractivity contribution in [3.8, 4) is 0 Å². The lowest BCUT2D eigenvalue weighted by molar-refractivity contribution is -0.187. The van der Waals surface area contributed by atoms with Gasteiger partial charge in [-0.25, -0.2) is 0 Å². The topological polar surface area (TPSA) is 64.5 Å². The van der Waals surface area contributed by atoms with Crippen LogP contribution in [0, 0.1) is 5.92 Å². The van der Waals surface area contributed by atoms with Crippen molar-refractivity contribution in [2.75, 3.05) is 13.1 Å². The average Bonchev–Trinajstić information content (AvgIpc) is 3.45. The van der Waals surface area contributed by atoms with Gasteiger partial charge in [0, 0.05) is 30.5 Å². The molecule has 2 saturated carbocycles. The molecule has 1 saturated heterocycles. The third-order valence-electron chi connectivity index (χ3n) is 6.55. The van der Waals surface area contributed by atoms with Crippen LogP contribution in [0.3, 0.4) is 0 Å². The molecule has 0 radical (unpaired) electrons. The summed E-state index contributed by atoms with van der Waals surface area (Å²) in [4.78, 5) is 1.95. The minimum absolute atomic E-state index is 0.0418. The highest BCUT2D eigenvalue weighted by molar-refractivity contribution is 7.80. The number of ether oxygens (including phenoxy) is 1. The number of nitrogens with zero attached hydrogens (tertiary/aromatic N) is 2. The van der Waals surface area contributed by atoms with Crippen LogP contribution in [-0.2, 0) is 11.3 Å². The molecule has 1 aromatic heterocycles. The summed E-state index contributed by atoms with van der Waals surface area (Å²) in [7, 11) is 0. The van der Waals surface area contributed by atoms with Gasteiger partial charge in [-0.2, -0.15) is 13.2 Å². The largest absolute Gasteiger partial charge is 0.392 e. The van der Waals surface area contributed by atoms with E-state index in [0.717, 1.165) is 56.5 Å². The predicted octanol–water partition coefficient (Wildman–Crippen LogP) is 4.61. The summed E-state index contributed by atoms with van der Waals surface area (Å²) >= 11 is 5.02. The van der Waals surface area contributed by atoms with Crippen molar-refractivity contribution in [3.63, 3.8) is 0 Å². The van der Waals surface area contributed by atoms with E-state index in [0.29, 0.717) is 23.6 Å². The van der Waals surface area contributed by atoms with Crippen LogP contribution in [0.5, 0.6) is 0 Å². The first-order valence-corrected chi connectivity index (χ1v) is 11.0. The number of piperidine rings is 1. The number of nitrogens with two attached hydrogens (primary N) is 1. The Balaban J connectivity index is 1.49. The molecule has 0 bridgehead atoms. The third-order valence-corrected chi connectivity index (χ3v) is 6.81. The highest BCUT2D eigenvalue weighted by atomic mass is 32.1. The molecular weight excluding hydrogens is 403 g/mol. The lowest BCUT2D eigenvalue weighted by Crippen LogP contribution is -2.43. The van der Waals surface area contributed by atoms with Gasteiger partial charge in [0.25, 0.3) is 0 Å². The van der Waals surface area contributed by atoms with Crippen molar-refractivity contribution in [1.29, 1.82) is 0 Å². The number of rotatable bonds is 5. The van der Waals surface area contributed by atoms with E-state index in [-0.39, 0.29) is 25.0 Å². The van der Waals surface area contributed by atoms with E-state index < -0.39 is 18.0 Å². The number of thiocarbonyl (C=S) groups is 1. The maximum absolute atomic E-state index is 13.6. The Labute approximate surface area is 174 Å². The molecule has 2 heterocycles. The lowest BCUT2D eigenvalue weighted by Gasteiger charge is -2.33. The average molecular weight is 432 g/mol. The van der Waals surface area contributed by atoms with Crippen molar-refractivity contribution in [1.82, 2.24) is 10.1 Å². The van der Waals surface area contributed by atoms with Crippen molar-refractivity contribution in [3.05, 3.63) is 17.0 Å². The van der Waals surface area contributed by atoms with Crippen LogP contribution in [0.4, 0.5) is 13.2 Å². The van der Waals surface area contributed by atoms with Crippen molar-refractivity contribution in [2.45, 2.75) is 82.1 Å². The van der Waals surface area contributed by atoms with E-state index in [1.54, 1.807) is 0 Å². The Morgan fingerprint density at radius 1 is 1.14 bits per heavy atom.